The van der Waals surface area contributed by atoms with Crippen molar-refractivity contribution in [2.24, 2.45) is 4.99 Å². The Morgan fingerprint density at radius 1 is 1.00 bits per heavy atom. The average molecular weight is 530 g/mol. The number of amides is 1. The molecule has 6 heteroatoms. The third-order valence-electron chi connectivity index (χ3n) is 5.12. The number of anilines is 1. The molecule has 0 radical (unpaired) electrons. The predicted octanol–water partition coefficient (Wildman–Crippen LogP) is 9.67. The maximum absolute atomic E-state index is 13.2. The molecule has 2 aromatic carbocycles. The number of allylic oxidation sites excluding steroid dienone is 6. The van der Waals surface area contributed by atoms with Crippen LogP contribution in [0.3, 0.4) is 0 Å². The highest BCUT2D eigenvalue weighted by atomic mass is 35.5. The Bertz CT molecular complexity index is 1240. The molecule has 0 aliphatic heterocycles. The fourth-order valence-corrected chi connectivity index (χ4v) is 3.43. The third kappa shape index (κ3) is 8.85. The van der Waals surface area contributed by atoms with Crippen molar-refractivity contribution in [3.63, 3.8) is 0 Å². The molecule has 3 nitrogen and oxygen atoms in total. The highest BCUT2D eigenvalue weighted by Crippen LogP contribution is 2.27. The minimum Gasteiger partial charge on any atom is -0.322 e. The van der Waals surface area contributed by atoms with E-state index in [9.17, 15) is 4.79 Å². The third-order valence-corrected chi connectivity index (χ3v) is 6.14. The maximum atomic E-state index is 13.2. The summed E-state index contributed by atoms with van der Waals surface area (Å²) >= 11 is 18.8. The molecule has 0 saturated carbocycles. The topological polar surface area (TPSA) is 41.5 Å². The number of aryl methyl sites for hydroxylation is 1. The van der Waals surface area contributed by atoms with Crippen LogP contribution in [0, 0.1) is 6.92 Å². The monoisotopic (exact) mass is 528 g/mol. The number of halogens is 3. The number of para-hydroxylation sites is 1. The predicted molar refractivity (Wildman–Crippen MR) is 153 cm³/mol. The first-order chi connectivity index (χ1) is 16.5. The second-order valence-corrected chi connectivity index (χ2v) is 9.86. The Hall–Kier alpha value is -2.59. The molecule has 1 amide bonds. The largest absolute Gasteiger partial charge is 0.322 e. The maximum Gasteiger partial charge on any atom is 0.255 e. The first-order valence-corrected chi connectivity index (χ1v) is 12.5. The molecule has 0 aromatic heterocycles. The van der Waals surface area contributed by atoms with E-state index in [1.54, 1.807) is 25.1 Å². The van der Waals surface area contributed by atoms with Gasteiger partial charge >= 0.3 is 0 Å². The minimum absolute atomic E-state index is 0.304. The quantitative estimate of drug-likeness (QED) is 0.206. The Labute approximate surface area is 223 Å². The van der Waals surface area contributed by atoms with Crippen molar-refractivity contribution in [3.8, 4) is 0 Å². The smallest absolute Gasteiger partial charge is 0.255 e. The molecule has 35 heavy (non-hydrogen) atoms. The first kappa shape index (κ1) is 28.6. The van der Waals surface area contributed by atoms with Gasteiger partial charge in [-0.05, 0) is 83.0 Å². The second kappa shape index (κ2) is 13.5. The van der Waals surface area contributed by atoms with Gasteiger partial charge < -0.3 is 5.32 Å². The van der Waals surface area contributed by atoms with Gasteiger partial charge in [-0.2, -0.15) is 0 Å². The number of aliphatic imine (C=N–C) groups is 1. The van der Waals surface area contributed by atoms with Crippen molar-refractivity contribution < 1.29 is 4.79 Å². The zero-order chi connectivity index (χ0) is 26.1. The molecule has 0 fully saturated rings. The first-order valence-electron chi connectivity index (χ1n) is 11.3. The zero-order valence-corrected chi connectivity index (χ0v) is 23.2. The van der Waals surface area contributed by atoms with E-state index >= 15 is 0 Å². The molecule has 0 atom stereocenters. The van der Waals surface area contributed by atoms with Gasteiger partial charge in [0.2, 0.25) is 0 Å². The number of hydrogen-bond donors (Lipinski definition) is 1. The number of carbonyl (C=O) groups is 1. The van der Waals surface area contributed by atoms with Crippen LogP contribution in [0.1, 0.15) is 52.2 Å². The summed E-state index contributed by atoms with van der Waals surface area (Å²) in [5, 5.41) is 4.21. The molecule has 0 saturated heterocycles. The van der Waals surface area contributed by atoms with Gasteiger partial charge in [0.25, 0.3) is 5.91 Å². The molecule has 1 N–H and O–H groups in total. The molecule has 2 aromatic rings. The van der Waals surface area contributed by atoms with Gasteiger partial charge in [-0.1, -0.05) is 77.1 Å². The van der Waals surface area contributed by atoms with Crippen LogP contribution < -0.4 is 5.32 Å². The van der Waals surface area contributed by atoms with Crippen molar-refractivity contribution >= 4 is 57.8 Å². The van der Waals surface area contributed by atoms with E-state index in [1.807, 2.05) is 77.1 Å². The fourth-order valence-electron chi connectivity index (χ4n) is 3.04. The van der Waals surface area contributed by atoms with Crippen LogP contribution in [0.2, 0.25) is 5.02 Å². The van der Waals surface area contributed by atoms with Crippen molar-refractivity contribution in [3.05, 3.63) is 104 Å². The van der Waals surface area contributed by atoms with Gasteiger partial charge in [0.15, 0.2) is 0 Å². The molecule has 0 heterocycles. The number of nitrogens with zero attached hydrogens (tertiary/aromatic N) is 1. The van der Waals surface area contributed by atoms with E-state index in [0.29, 0.717) is 37.6 Å². The van der Waals surface area contributed by atoms with Crippen LogP contribution in [-0.2, 0) is 4.79 Å². The number of hydrogen-bond acceptors (Lipinski definition) is 2. The van der Waals surface area contributed by atoms with Gasteiger partial charge in [0, 0.05) is 21.9 Å². The second-order valence-electron chi connectivity index (χ2n) is 8.48. The Kier molecular flexibility index (Phi) is 11.0. The summed E-state index contributed by atoms with van der Waals surface area (Å²) < 4.78 is 0. The summed E-state index contributed by atoms with van der Waals surface area (Å²) in [4.78, 5) is 18.1. The molecule has 0 aliphatic rings. The standard InChI is InChI=1S/C29H31Cl3N2O/c1-7-19(4)15-22(16-26(32)21(6)30)29(35)33-23-12-13-25(31)24(17-23)28(14-18(2)3)34-27-11-9-8-10-20(27)5/h8-17H,7H2,1-6H3,(H,33,35)/b19-15?,22-16+,26-21-,34-28?. The van der Waals surface area contributed by atoms with Gasteiger partial charge in [-0.25, -0.2) is 4.99 Å². The molecule has 0 unspecified atom stereocenters. The van der Waals surface area contributed by atoms with Gasteiger partial charge in [0.1, 0.15) is 0 Å². The summed E-state index contributed by atoms with van der Waals surface area (Å²) in [5.41, 5.74) is 6.45. The summed E-state index contributed by atoms with van der Waals surface area (Å²) in [7, 11) is 0. The summed E-state index contributed by atoms with van der Waals surface area (Å²) in [5.74, 6) is -0.304. The van der Waals surface area contributed by atoms with Crippen molar-refractivity contribution in [2.45, 2.75) is 48.0 Å². The van der Waals surface area contributed by atoms with Crippen molar-refractivity contribution in [1.29, 1.82) is 0 Å². The van der Waals surface area contributed by atoms with E-state index in [1.165, 1.54) is 0 Å². The van der Waals surface area contributed by atoms with E-state index in [4.69, 9.17) is 39.8 Å². The lowest BCUT2D eigenvalue weighted by Crippen LogP contribution is -2.14. The summed E-state index contributed by atoms with van der Waals surface area (Å²) in [6, 6.07) is 13.2. The lowest BCUT2D eigenvalue weighted by atomic mass is 10.1. The van der Waals surface area contributed by atoms with Crippen LogP contribution in [0.4, 0.5) is 11.4 Å². The Balaban J connectivity index is 2.53. The number of nitrogens with one attached hydrogen (secondary N) is 1. The SMILES string of the molecule is CCC(C)=C/C(=C\C(Cl)=C(/C)Cl)C(=O)Nc1ccc(Cl)c(C(C=C(C)C)=Nc2ccccc2C)c1. The fraction of sp³-hybridized carbons (Fsp3) is 0.241. The van der Waals surface area contributed by atoms with Crippen LogP contribution in [-0.4, -0.2) is 11.6 Å². The van der Waals surface area contributed by atoms with Gasteiger partial charge in [-0.15, -0.1) is 0 Å². The normalized spacial score (nSPS) is 13.3. The van der Waals surface area contributed by atoms with Crippen LogP contribution in [0.15, 0.2) is 92.5 Å². The van der Waals surface area contributed by atoms with Gasteiger partial charge in [0.05, 0.1) is 21.5 Å². The lowest BCUT2D eigenvalue weighted by molar-refractivity contribution is -0.112. The van der Waals surface area contributed by atoms with Gasteiger partial charge in [-0.3, -0.25) is 4.79 Å². The highest BCUT2D eigenvalue weighted by molar-refractivity contribution is 6.40. The van der Waals surface area contributed by atoms with Crippen LogP contribution >= 0.6 is 34.8 Å². The molecule has 184 valence electrons. The van der Waals surface area contributed by atoms with E-state index < -0.39 is 0 Å². The van der Waals surface area contributed by atoms with Crippen molar-refractivity contribution in [1.82, 2.24) is 0 Å². The molecular formula is C29H31Cl3N2O. The number of benzene rings is 2. The Morgan fingerprint density at radius 3 is 2.29 bits per heavy atom. The van der Waals surface area contributed by atoms with E-state index in [-0.39, 0.29) is 5.91 Å². The van der Waals surface area contributed by atoms with E-state index in [2.05, 4.69) is 5.32 Å². The van der Waals surface area contributed by atoms with Crippen molar-refractivity contribution in [2.75, 3.05) is 5.32 Å². The Morgan fingerprint density at radius 2 is 1.69 bits per heavy atom. The number of carbonyl (C=O) groups excluding carboxylic acids is 1. The highest BCUT2D eigenvalue weighted by Gasteiger charge is 2.13. The lowest BCUT2D eigenvalue weighted by Gasteiger charge is -2.12. The number of rotatable bonds is 8. The zero-order valence-electron chi connectivity index (χ0n) is 21.0. The molecule has 0 bridgehead atoms. The molecule has 0 aliphatic carbocycles. The molecular weight excluding hydrogens is 499 g/mol. The average Bonchev–Trinajstić information content (AvgIpc) is 2.80. The van der Waals surface area contributed by atoms with E-state index in [0.717, 1.165) is 28.8 Å². The molecule has 0 spiro atoms. The van der Waals surface area contributed by atoms with Crippen LogP contribution in [0.5, 0.6) is 0 Å². The minimum atomic E-state index is -0.304. The molecule has 2 rings (SSSR count). The summed E-state index contributed by atoms with van der Waals surface area (Å²) in [6.07, 6.45) is 6.16. The summed E-state index contributed by atoms with van der Waals surface area (Å²) in [6.45, 7) is 11.7. The van der Waals surface area contributed by atoms with Crippen LogP contribution in [0.25, 0.3) is 0 Å².